The fourth-order valence-electron chi connectivity index (χ4n) is 4.05. The molecule has 0 aromatic heterocycles. The quantitative estimate of drug-likeness (QED) is 0.131. The van der Waals surface area contributed by atoms with Gasteiger partial charge in [-0.2, -0.15) is 26.3 Å². The highest BCUT2D eigenvalue weighted by molar-refractivity contribution is 8.09. The Bertz CT molecular complexity index is 708. The highest BCUT2D eigenvalue weighted by atomic mass is 32.3. The number of quaternary nitrogens is 1. The van der Waals surface area contributed by atoms with E-state index in [1.165, 1.54) is 0 Å². The molecule has 0 unspecified atom stereocenters. The van der Waals surface area contributed by atoms with E-state index in [0.717, 1.165) is 38.5 Å². The van der Waals surface area contributed by atoms with Gasteiger partial charge in [-0.15, -0.1) is 0 Å². The molecule has 33 heavy (non-hydrogen) atoms. The third-order valence-electron chi connectivity index (χ3n) is 5.85. The zero-order valence-electron chi connectivity index (χ0n) is 19.6. The molecule has 0 amide bonds. The molecule has 0 aromatic rings. The Balaban J connectivity index is 6.10. The maximum absolute atomic E-state index is 13.1. The van der Waals surface area contributed by atoms with Crippen molar-refractivity contribution in [3.8, 4) is 0 Å². The van der Waals surface area contributed by atoms with Crippen molar-refractivity contribution in [1.82, 2.24) is 0 Å². The summed E-state index contributed by atoms with van der Waals surface area (Å²) >= 11 is 0. The van der Waals surface area contributed by atoms with Crippen molar-refractivity contribution in [2.45, 2.75) is 101 Å². The minimum absolute atomic E-state index is 0.112. The van der Waals surface area contributed by atoms with E-state index in [1.807, 2.05) is 20.8 Å². The van der Waals surface area contributed by atoms with Crippen molar-refractivity contribution in [2.24, 2.45) is 0 Å². The molecule has 0 atom stereocenters. The molecule has 200 valence electrons. The van der Waals surface area contributed by atoms with E-state index in [9.17, 15) is 43.2 Å². The predicted molar refractivity (Wildman–Crippen MR) is 117 cm³/mol. The Morgan fingerprint density at radius 2 is 0.970 bits per heavy atom. The van der Waals surface area contributed by atoms with Crippen molar-refractivity contribution in [3.63, 3.8) is 0 Å². The maximum atomic E-state index is 13.1. The van der Waals surface area contributed by atoms with E-state index in [-0.39, 0.29) is 11.0 Å². The number of alkyl halides is 6. The average Bonchev–Trinajstić information content (AvgIpc) is 2.67. The highest BCUT2D eigenvalue weighted by Gasteiger charge is 2.63. The van der Waals surface area contributed by atoms with Crippen LogP contribution in [0.25, 0.3) is 0 Å². The zero-order chi connectivity index (χ0) is 26.0. The van der Waals surface area contributed by atoms with E-state index >= 15 is 0 Å². The molecular formula is C20H38F6NO4S2+. The van der Waals surface area contributed by atoms with Crippen LogP contribution < -0.4 is 0 Å². The molecule has 0 saturated heterocycles. The van der Waals surface area contributed by atoms with Gasteiger partial charge in [0.25, 0.3) is 19.7 Å². The summed E-state index contributed by atoms with van der Waals surface area (Å²) in [6.07, 6.45) is 5.98. The van der Waals surface area contributed by atoms with E-state index in [0.29, 0.717) is 38.9 Å². The predicted octanol–water partition coefficient (Wildman–Crippen LogP) is 5.96. The Morgan fingerprint density at radius 1 is 0.576 bits per heavy atom. The van der Waals surface area contributed by atoms with Crippen LogP contribution in [0.3, 0.4) is 0 Å². The van der Waals surface area contributed by atoms with E-state index in [1.54, 1.807) is 0 Å². The second-order valence-electron chi connectivity index (χ2n) is 8.56. The highest BCUT2D eigenvalue weighted by Crippen LogP contribution is 2.38. The van der Waals surface area contributed by atoms with Gasteiger partial charge in [-0.1, -0.05) is 46.5 Å². The first-order valence-corrected chi connectivity index (χ1v) is 14.6. The molecule has 13 heteroatoms. The van der Waals surface area contributed by atoms with Gasteiger partial charge >= 0.3 is 11.0 Å². The smallest absolute Gasteiger partial charge is 0.324 e. The van der Waals surface area contributed by atoms with Crippen molar-refractivity contribution in [1.29, 1.82) is 0 Å². The summed E-state index contributed by atoms with van der Waals surface area (Å²) in [6, 6.07) is 0. The van der Waals surface area contributed by atoms with E-state index < -0.39 is 41.7 Å². The monoisotopic (exact) mass is 534 g/mol. The summed E-state index contributed by atoms with van der Waals surface area (Å²) in [7, 11) is -13.2. The minimum atomic E-state index is -6.59. The van der Waals surface area contributed by atoms with Crippen LogP contribution in [-0.4, -0.2) is 63.1 Å². The second-order valence-corrected chi connectivity index (χ2v) is 13.1. The van der Waals surface area contributed by atoms with Crippen molar-refractivity contribution >= 4 is 19.7 Å². The van der Waals surface area contributed by atoms with Gasteiger partial charge in [0.2, 0.25) is 0 Å². The Labute approximate surface area is 194 Å². The van der Waals surface area contributed by atoms with Gasteiger partial charge in [0.1, 0.15) is 0 Å². The van der Waals surface area contributed by atoms with E-state index in [2.05, 4.69) is 0 Å². The van der Waals surface area contributed by atoms with Gasteiger partial charge < -0.3 is 4.48 Å². The zero-order valence-corrected chi connectivity index (χ0v) is 21.3. The molecule has 0 radical (unpaired) electrons. The van der Waals surface area contributed by atoms with Crippen molar-refractivity contribution < 1.29 is 47.7 Å². The molecule has 0 aliphatic rings. The number of sulfone groups is 2. The molecule has 0 aliphatic carbocycles. The van der Waals surface area contributed by atoms with Crippen LogP contribution in [-0.2, 0) is 19.7 Å². The first-order chi connectivity index (χ1) is 15.0. The average molecular weight is 535 g/mol. The first-order valence-electron chi connectivity index (χ1n) is 11.5. The summed E-state index contributed by atoms with van der Waals surface area (Å²) in [5.74, 6) is 0. The molecule has 0 saturated carbocycles. The SMILES string of the molecule is CCCCCC[N+](CCC)(CCCCCC)CCC(S(=O)(=O)C(F)(F)F)S(=O)(=O)C(F)(F)F. The number of hydrogen-bond donors (Lipinski definition) is 0. The fourth-order valence-corrected chi connectivity index (χ4v) is 7.46. The van der Waals surface area contributed by atoms with Crippen molar-refractivity contribution in [2.75, 3.05) is 26.2 Å². The lowest BCUT2D eigenvalue weighted by Crippen LogP contribution is -2.53. The molecule has 0 fully saturated rings. The third-order valence-corrected chi connectivity index (χ3v) is 10.5. The minimum Gasteiger partial charge on any atom is -0.324 e. The van der Waals surface area contributed by atoms with Crippen LogP contribution in [0.2, 0.25) is 0 Å². The molecule has 0 bridgehead atoms. The Hall–Kier alpha value is -0.560. The number of halogens is 6. The molecule has 0 N–H and O–H groups in total. The number of rotatable bonds is 17. The Kier molecular flexibility index (Phi) is 13.3. The van der Waals surface area contributed by atoms with Crippen LogP contribution in [0, 0.1) is 0 Å². The standard InChI is InChI=1S/C20H38F6NO4S2/c1-4-7-9-11-15-27(14-6-3,16-12-10-8-5-2)17-13-18(32(28,29)19(21,22)23)33(30,31)20(24,25)26/h18H,4-17H2,1-3H3/q+1. The number of hydrogen-bond acceptors (Lipinski definition) is 4. The topological polar surface area (TPSA) is 68.3 Å². The van der Waals surface area contributed by atoms with Gasteiger partial charge in [-0.3, -0.25) is 0 Å². The fraction of sp³-hybridized carbons (Fsp3) is 1.00. The van der Waals surface area contributed by atoms with Crippen LogP contribution in [0.15, 0.2) is 0 Å². The van der Waals surface area contributed by atoms with Gasteiger partial charge in [-0.25, -0.2) is 16.8 Å². The molecule has 0 heterocycles. The first kappa shape index (κ1) is 32.4. The number of unbranched alkanes of at least 4 members (excludes halogenated alkanes) is 6. The summed E-state index contributed by atoms with van der Waals surface area (Å²) in [6.45, 7) is 6.74. The van der Waals surface area contributed by atoms with Crippen LogP contribution in [0.4, 0.5) is 26.3 Å². The van der Waals surface area contributed by atoms with Crippen LogP contribution in [0.5, 0.6) is 0 Å². The lowest BCUT2D eigenvalue weighted by Gasteiger charge is -2.40. The lowest BCUT2D eigenvalue weighted by atomic mass is 10.1. The normalized spacial score (nSPS) is 14.2. The lowest BCUT2D eigenvalue weighted by molar-refractivity contribution is -0.928. The maximum Gasteiger partial charge on any atom is 0.498 e. The molecule has 0 aromatic carbocycles. The molecule has 0 spiro atoms. The summed E-state index contributed by atoms with van der Waals surface area (Å²) in [5.41, 5.74) is -12.2. The van der Waals surface area contributed by atoms with Gasteiger partial charge in [0.05, 0.1) is 26.2 Å². The number of nitrogens with zero attached hydrogens (tertiary/aromatic N) is 1. The van der Waals surface area contributed by atoms with Gasteiger partial charge in [-0.05, 0) is 32.1 Å². The molecule has 0 aliphatic heterocycles. The molecular weight excluding hydrogens is 496 g/mol. The van der Waals surface area contributed by atoms with E-state index in [4.69, 9.17) is 0 Å². The summed E-state index contributed by atoms with van der Waals surface area (Å²) in [5, 5.41) is 0. The summed E-state index contributed by atoms with van der Waals surface area (Å²) in [4.78, 5) is 0. The second kappa shape index (κ2) is 13.5. The molecule has 5 nitrogen and oxygen atoms in total. The van der Waals surface area contributed by atoms with Gasteiger partial charge in [0, 0.05) is 6.42 Å². The molecule has 0 rings (SSSR count). The largest absolute Gasteiger partial charge is 0.498 e. The Morgan fingerprint density at radius 3 is 1.27 bits per heavy atom. The van der Waals surface area contributed by atoms with Crippen molar-refractivity contribution in [3.05, 3.63) is 0 Å². The summed E-state index contributed by atoms with van der Waals surface area (Å²) < 4.78 is 123. The van der Waals surface area contributed by atoms with Crippen LogP contribution >= 0.6 is 0 Å². The van der Waals surface area contributed by atoms with Crippen LogP contribution in [0.1, 0.15) is 85.0 Å². The van der Waals surface area contributed by atoms with Gasteiger partial charge in [0.15, 0.2) is 4.58 Å². The third kappa shape index (κ3) is 9.54.